The van der Waals surface area contributed by atoms with Crippen molar-refractivity contribution in [2.45, 2.75) is 69.5 Å². The lowest BCUT2D eigenvalue weighted by atomic mass is 9.81. The number of carbonyl (C=O) groups excluding carboxylic acids is 5. The number of para-hydroxylation sites is 1. The quantitative estimate of drug-likeness (QED) is 0.0486. The number of nitrogens with one attached hydrogen (secondary N) is 5. The summed E-state index contributed by atoms with van der Waals surface area (Å²) in [7, 11) is 0. The number of benzene rings is 2. The number of amides is 5. The van der Waals surface area contributed by atoms with Gasteiger partial charge in [0.25, 0.3) is 0 Å². The van der Waals surface area contributed by atoms with Gasteiger partial charge < -0.3 is 49.2 Å². The molecule has 274 valence electrons. The Bertz CT molecular complexity index is 1710. The van der Waals surface area contributed by atoms with Gasteiger partial charge in [-0.2, -0.15) is 0 Å². The maximum Gasteiger partial charge on any atom is 0.243 e. The molecule has 0 saturated heterocycles. The van der Waals surface area contributed by atoms with Crippen molar-refractivity contribution in [1.29, 1.82) is 0 Å². The summed E-state index contributed by atoms with van der Waals surface area (Å²) in [5, 5.41) is 9.39. The van der Waals surface area contributed by atoms with Crippen LogP contribution in [-0.4, -0.2) is 78.2 Å². The summed E-state index contributed by atoms with van der Waals surface area (Å²) >= 11 is 0. The summed E-state index contributed by atoms with van der Waals surface area (Å²) < 4.78 is 8.71. The molecule has 51 heavy (non-hydrogen) atoms. The van der Waals surface area contributed by atoms with Crippen molar-refractivity contribution in [3.05, 3.63) is 71.9 Å². The molecule has 1 aliphatic rings. The van der Waals surface area contributed by atoms with E-state index in [1.165, 1.54) is 0 Å². The highest BCUT2D eigenvalue weighted by molar-refractivity contribution is 5.95. The molecule has 15 nitrogen and oxygen atoms in total. The standard InChI is InChI=1S/C36H50N10O5/c37-19-23-12-14-24(15-13-23)33(49)43-21-31(47)44-30(17-22-7-2-1-3-8-22)35(51)45-28(11-6-16-41-36(39)40)34(50)46-29(32(38)48)18-25-20-42-27-10-5-4-9-26(25)27/h1-5,7-10,20,23-24,28-30,42H,6,11-19,21,37H2,(H2,38,48)(H,43,49)(H,44,47)(H,45,51)(H,46,50)(H4,39,40,41)/t23?,24?,28-,29-,30-/m0/s1/i/hD. The molecule has 0 unspecified atom stereocenters. The number of nitrogens with zero attached hydrogens (tertiary/aromatic N) is 1. The molecule has 15 heteroatoms. The van der Waals surface area contributed by atoms with Crippen LogP contribution in [0.3, 0.4) is 0 Å². The number of nitrogens with two attached hydrogens (primary N) is 4. The number of guanidine groups is 1. The van der Waals surface area contributed by atoms with E-state index >= 15 is 0 Å². The van der Waals surface area contributed by atoms with Gasteiger partial charge in [0.15, 0.2) is 7.37 Å². The lowest BCUT2D eigenvalue weighted by molar-refractivity contribution is -0.133. The maximum absolute atomic E-state index is 14.0. The van der Waals surface area contributed by atoms with Gasteiger partial charge in [0.2, 0.25) is 29.5 Å². The number of primary amides is 1. The van der Waals surface area contributed by atoms with E-state index in [2.05, 4.69) is 25.9 Å². The Kier molecular flexibility index (Phi) is 13.8. The summed E-state index contributed by atoms with van der Waals surface area (Å²) in [5.41, 5.74) is 24.7. The number of hydrogen-bond acceptors (Lipinski definition) is 7. The monoisotopic (exact) mass is 703 g/mol. The molecule has 1 aromatic heterocycles. The normalized spacial score (nSPS) is 17.6. The summed E-state index contributed by atoms with van der Waals surface area (Å²) in [6, 6.07) is 12.6. The van der Waals surface area contributed by atoms with Gasteiger partial charge >= 0.3 is 0 Å². The van der Waals surface area contributed by atoms with Crippen LogP contribution >= 0.6 is 0 Å². The minimum absolute atomic E-state index is 0.0498. The third-order valence-corrected chi connectivity index (χ3v) is 9.18. The number of aromatic amines is 1. The van der Waals surface area contributed by atoms with Crippen LogP contribution in [0.25, 0.3) is 10.9 Å². The van der Waals surface area contributed by atoms with Gasteiger partial charge in [-0.1, -0.05) is 48.5 Å². The number of rotatable bonds is 18. The number of aliphatic imine (C=N–C) groups is 1. The van der Waals surface area contributed by atoms with Crippen LogP contribution in [0, 0.1) is 11.8 Å². The number of carbonyl (C=O) groups is 5. The largest absolute Gasteiger partial charge is 0.370 e. The van der Waals surface area contributed by atoms with E-state index in [1.807, 2.05) is 24.3 Å². The molecule has 1 heterocycles. The minimum Gasteiger partial charge on any atom is -0.370 e. The van der Waals surface area contributed by atoms with E-state index < -0.39 is 48.3 Å². The van der Waals surface area contributed by atoms with E-state index in [-0.39, 0.29) is 50.0 Å². The van der Waals surface area contributed by atoms with E-state index in [0.717, 1.165) is 29.3 Å². The highest BCUT2D eigenvalue weighted by Crippen LogP contribution is 2.28. The van der Waals surface area contributed by atoms with Crippen molar-refractivity contribution in [3.63, 3.8) is 0 Å². The Balaban J connectivity index is 1.49. The van der Waals surface area contributed by atoms with Crippen LogP contribution in [0.4, 0.5) is 0 Å². The number of H-pyrrole nitrogens is 1. The van der Waals surface area contributed by atoms with Gasteiger partial charge in [0.1, 0.15) is 18.1 Å². The molecule has 2 aromatic carbocycles. The zero-order valence-corrected chi connectivity index (χ0v) is 28.7. The van der Waals surface area contributed by atoms with Crippen molar-refractivity contribution in [1.82, 2.24) is 26.2 Å². The second kappa shape index (κ2) is 19.1. The topological polar surface area (TPSA) is 266 Å². The second-order valence-corrected chi connectivity index (χ2v) is 12.9. The first-order chi connectivity index (χ1) is 25.0. The van der Waals surface area contributed by atoms with Gasteiger partial charge in [-0.15, -0.1) is 0 Å². The van der Waals surface area contributed by atoms with Crippen molar-refractivity contribution >= 4 is 46.4 Å². The summed E-state index contributed by atoms with van der Waals surface area (Å²) in [5.74, 6) is -3.35. The van der Waals surface area contributed by atoms with E-state index in [9.17, 15) is 24.0 Å². The molecular formula is C36H50N10O5. The predicted octanol–water partition coefficient (Wildman–Crippen LogP) is -0.172. The van der Waals surface area contributed by atoms with Gasteiger partial charge in [0.05, 0.1) is 6.54 Å². The first kappa shape index (κ1) is 36.8. The van der Waals surface area contributed by atoms with Crippen LogP contribution in [0.5, 0.6) is 0 Å². The SMILES string of the molecule is [2H]N(C(=O)CNC(=O)C1CCC(CN)CC1)[C@@H](Cc1ccccc1)C(=O)N[C@@H](CCCN=C(N)N)C(=O)N[C@@H](Cc1c[nH]c2ccccc12)C(N)=O. The smallest absolute Gasteiger partial charge is 0.243 e. The molecule has 0 bridgehead atoms. The molecule has 0 spiro atoms. The molecule has 3 aromatic rings. The molecule has 5 amide bonds. The molecule has 3 atom stereocenters. The third kappa shape index (κ3) is 11.8. The average Bonchev–Trinajstić information content (AvgIpc) is 3.56. The van der Waals surface area contributed by atoms with Crippen LogP contribution in [-0.2, 0) is 36.8 Å². The molecule has 1 saturated carbocycles. The fraction of sp³-hybridized carbons (Fsp3) is 0.444. The van der Waals surface area contributed by atoms with Gasteiger partial charge in [-0.05, 0) is 68.2 Å². The fourth-order valence-corrected chi connectivity index (χ4v) is 6.28. The maximum atomic E-state index is 14.0. The van der Waals surface area contributed by atoms with E-state index in [1.54, 1.807) is 36.5 Å². The summed E-state index contributed by atoms with van der Waals surface area (Å²) in [6.07, 6.45) is 5.09. The van der Waals surface area contributed by atoms with Crippen LogP contribution in [0.1, 0.15) is 49.7 Å². The van der Waals surface area contributed by atoms with Crippen molar-refractivity contribution < 1.29 is 25.4 Å². The first-order valence-corrected chi connectivity index (χ1v) is 17.3. The third-order valence-electron chi connectivity index (χ3n) is 9.18. The molecule has 4 rings (SSSR count). The highest BCUT2D eigenvalue weighted by Gasteiger charge is 2.30. The van der Waals surface area contributed by atoms with Crippen LogP contribution in [0.2, 0.25) is 1.41 Å². The number of hydrogen-bond donors (Lipinski definition) is 9. The number of fused-ring (bicyclic) bond motifs is 1. The van der Waals surface area contributed by atoms with Crippen LogP contribution in [0.15, 0.2) is 65.8 Å². The predicted molar refractivity (Wildman–Crippen MR) is 195 cm³/mol. The van der Waals surface area contributed by atoms with E-state index in [4.69, 9.17) is 24.3 Å². The fourth-order valence-electron chi connectivity index (χ4n) is 6.28. The van der Waals surface area contributed by atoms with Crippen molar-refractivity contribution in [2.75, 3.05) is 19.6 Å². The van der Waals surface area contributed by atoms with Crippen molar-refractivity contribution in [3.8, 4) is 0 Å². The zero-order chi connectivity index (χ0) is 37.6. The van der Waals surface area contributed by atoms with Gasteiger partial charge in [-0.3, -0.25) is 29.0 Å². The molecule has 1 aliphatic carbocycles. The Labute approximate surface area is 298 Å². The molecule has 0 radical (unpaired) electrons. The molecule has 0 aliphatic heterocycles. The van der Waals surface area contributed by atoms with Crippen LogP contribution < -0.4 is 44.2 Å². The van der Waals surface area contributed by atoms with E-state index in [0.29, 0.717) is 36.2 Å². The molecule has 13 N–H and O–H groups in total. The summed E-state index contributed by atoms with van der Waals surface area (Å²) in [6.45, 7) is 0.246. The summed E-state index contributed by atoms with van der Waals surface area (Å²) in [4.78, 5) is 73.5. The molecular weight excluding hydrogens is 652 g/mol. The minimum atomic E-state index is -1.38. The second-order valence-electron chi connectivity index (χ2n) is 12.9. The Morgan fingerprint density at radius 1 is 0.863 bits per heavy atom. The Morgan fingerprint density at radius 3 is 2.22 bits per heavy atom. The zero-order valence-electron chi connectivity index (χ0n) is 29.7. The lowest BCUT2D eigenvalue weighted by Gasteiger charge is -2.27. The average molecular weight is 704 g/mol. The Hall–Kier alpha value is -5.44. The van der Waals surface area contributed by atoms with Gasteiger partial charge in [-0.25, -0.2) is 0 Å². The van der Waals surface area contributed by atoms with Crippen molar-refractivity contribution in [2.24, 2.45) is 39.8 Å². The lowest BCUT2D eigenvalue weighted by Crippen LogP contribution is -2.57. The number of aromatic nitrogens is 1. The first-order valence-electron chi connectivity index (χ1n) is 17.7. The molecule has 1 fully saturated rings. The highest BCUT2D eigenvalue weighted by atomic mass is 16.2. The van der Waals surface area contributed by atoms with Gasteiger partial charge in [0, 0.05) is 42.4 Å². The Morgan fingerprint density at radius 2 is 1.53 bits per heavy atom.